The monoisotopic (exact) mass is 203 g/mol. The van der Waals surface area contributed by atoms with Crippen LogP contribution in [0.4, 0.5) is 0 Å². The van der Waals surface area contributed by atoms with Crippen LogP contribution in [0.25, 0.3) is 0 Å². The quantitative estimate of drug-likeness (QED) is 0.501. The molecule has 6 heteroatoms. The van der Waals surface area contributed by atoms with Crippen molar-refractivity contribution in [1.82, 2.24) is 4.67 Å². The van der Waals surface area contributed by atoms with Crippen LogP contribution in [-0.4, -0.2) is 22.6 Å². The van der Waals surface area contributed by atoms with E-state index in [9.17, 15) is 14.2 Å². The van der Waals surface area contributed by atoms with Gasteiger partial charge in [-0.1, -0.05) is 0 Å². The van der Waals surface area contributed by atoms with Crippen LogP contribution >= 0.6 is 8.18 Å². The summed E-state index contributed by atoms with van der Waals surface area (Å²) in [6, 6.07) is 0. The highest BCUT2D eigenvalue weighted by Gasteiger charge is 2.29. The first-order chi connectivity index (χ1) is 6.02. The molecule has 1 unspecified atom stereocenters. The van der Waals surface area contributed by atoms with Gasteiger partial charge in [0, 0.05) is 12.2 Å². The molecule has 1 rings (SSSR count). The molecule has 0 aromatic heterocycles. The van der Waals surface area contributed by atoms with Crippen molar-refractivity contribution in [2.24, 2.45) is 0 Å². The van der Waals surface area contributed by atoms with Crippen LogP contribution in [-0.2, 0) is 18.7 Å². The van der Waals surface area contributed by atoms with Crippen LogP contribution in [0, 0.1) is 0 Å². The van der Waals surface area contributed by atoms with E-state index in [1.54, 1.807) is 13.8 Å². The molecule has 0 N–H and O–H groups in total. The van der Waals surface area contributed by atoms with Gasteiger partial charge in [-0.2, -0.15) is 0 Å². The molecule has 0 spiro atoms. The summed E-state index contributed by atoms with van der Waals surface area (Å²) in [4.78, 5) is 21.9. The molecule has 1 aliphatic heterocycles. The average Bonchev–Trinajstić information content (AvgIpc) is 2.29. The van der Waals surface area contributed by atoms with Gasteiger partial charge in [-0.05, 0) is 13.8 Å². The van der Waals surface area contributed by atoms with E-state index in [1.807, 2.05) is 0 Å². The molecule has 0 fully saturated rings. The summed E-state index contributed by atoms with van der Waals surface area (Å²) in [6.45, 7) is 3.36. The third kappa shape index (κ3) is 2.26. The predicted molar refractivity (Wildman–Crippen MR) is 46.2 cm³/mol. The van der Waals surface area contributed by atoms with Gasteiger partial charge in [0.15, 0.2) is 0 Å². The van der Waals surface area contributed by atoms with Crippen LogP contribution in [0.2, 0.25) is 0 Å². The minimum Gasteiger partial charge on any atom is -0.312 e. The Kier molecular flexibility index (Phi) is 3.01. The lowest BCUT2D eigenvalue weighted by molar-refractivity contribution is -0.131. The van der Waals surface area contributed by atoms with Gasteiger partial charge >= 0.3 is 0 Å². The Bertz CT molecular complexity index is 279. The molecule has 0 radical (unpaired) electrons. The van der Waals surface area contributed by atoms with Gasteiger partial charge in [-0.15, -0.1) is 0 Å². The normalized spacial score (nSPS) is 18.8. The number of carbonyl (C=O) groups is 2. The summed E-state index contributed by atoms with van der Waals surface area (Å²) < 4.78 is 16.8. The maximum absolute atomic E-state index is 11.3. The molecule has 0 saturated heterocycles. The summed E-state index contributed by atoms with van der Waals surface area (Å²) >= 11 is 0. The van der Waals surface area contributed by atoms with Crippen molar-refractivity contribution in [3.63, 3.8) is 0 Å². The molecule has 72 valence electrons. The second kappa shape index (κ2) is 3.85. The van der Waals surface area contributed by atoms with Crippen LogP contribution in [0.3, 0.4) is 0 Å². The predicted octanol–water partition coefficient (Wildman–Crippen LogP) is 0.726. The highest BCUT2D eigenvalue weighted by Crippen LogP contribution is 2.32. The highest BCUT2D eigenvalue weighted by atomic mass is 31.1. The van der Waals surface area contributed by atoms with Crippen molar-refractivity contribution in [3.8, 4) is 0 Å². The fraction of sp³-hybridized carbons (Fsp3) is 0.429. The van der Waals surface area contributed by atoms with E-state index in [0.717, 1.165) is 12.2 Å². The first kappa shape index (κ1) is 10.2. The van der Waals surface area contributed by atoms with E-state index in [-0.39, 0.29) is 6.10 Å². The van der Waals surface area contributed by atoms with Gasteiger partial charge in [0.25, 0.3) is 20.0 Å². The molecule has 1 aliphatic rings. The van der Waals surface area contributed by atoms with Crippen molar-refractivity contribution in [3.05, 3.63) is 12.2 Å². The molecule has 2 amide bonds. The average molecular weight is 203 g/mol. The van der Waals surface area contributed by atoms with E-state index < -0.39 is 20.0 Å². The summed E-state index contributed by atoms with van der Waals surface area (Å²) in [5.41, 5.74) is 0. The zero-order chi connectivity index (χ0) is 10.0. The summed E-state index contributed by atoms with van der Waals surface area (Å²) in [6.07, 6.45) is 1.89. The molecule has 0 aliphatic carbocycles. The van der Waals surface area contributed by atoms with Gasteiger partial charge in [0.05, 0.1) is 6.10 Å². The van der Waals surface area contributed by atoms with Crippen LogP contribution in [0.5, 0.6) is 0 Å². The largest absolute Gasteiger partial charge is 0.312 e. The lowest BCUT2D eigenvalue weighted by atomic mass is 10.5. The smallest absolute Gasteiger partial charge is 0.294 e. The topological polar surface area (TPSA) is 63.7 Å². The Morgan fingerprint density at radius 1 is 1.31 bits per heavy atom. The van der Waals surface area contributed by atoms with Gasteiger partial charge < -0.3 is 4.52 Å². The molecule has 0 aromatic rings. The molecule has 0 saturated carbocycles. The lowest BCUT2D eigenvalue weighted by Gasteiger charge is -2.14. The highest BCUT2D eigenvalue weighted by molar-refractivity contribution is 7.38. The van der Waals surface area contributed by atoms with E-state index in [2.05, 4.69) is 0 Å². The van der Waals surface area contributed by atoms with Gasteiger partial charge in [0.1, 0.15) is 0 Å². The van der Waals surface area contributed by atoms with Crippen molar-refractivity contribution in [1.29, 1.82) is 0 Å². The molecular formula is C7H10NO4P. The maximum Gasteiger partial charge on any atom is 0.294 e. The molecule has 1 heterocycles. The van der Waals surface area contributed by atoms with E-state index in [4.69, 9.17) is 4.52 Å². The minimum absolute atomic E-state index is 0.271. The van der Waals surface area contributed by atoms with Crippen molar-refractivity contribution in [2.75, 3.05) is 0 Å². The Morgan fingerprint density at radius 3 is 2.15 bits per heavy atom. The molecular weight excluding hydrogens is 193 g/mol. The molecule has 0 bridgehead atoms. The molecule has 0 aromatic carbocycles. The Balaban J connectivity index is 2.68. The SMILES string of the molecule is CC(C)O[PH](=O)N1C(=O)C=CC1=O. The van der Waals surface area contributed by atoms with Gasteiger partial charge in [-0.3, -0.25) is 14.2 Å². The Labute approximate surface area is 76.3 Å². The first-order valence-electron chi connectivity index (χ1n) is 3.79. The van der Waals surface area contributed by atoms with E-state index in [0.29, 0.717) is 4.67 Å². The summed E-state index contributed by atoms with van der Waals surface area (Å²) in [5, 5.41) is 0. The third-order valence-corrected chi connectivity index (χ3v) is 2.81. The van der Waals surface area contributed by atoms with E-state index in [1.165, 1.54) is 0 Å². The summed E-state index contributed by atoms with van der Waals surface area (Å²) in [5.74, 6) is -1.15. The first-order valence-corrected chi connectivity index (χ1v) is 5.05. The Hall–Kier alpha value is -0.930. The van der Waals surface area contributed by atoms with Gasteiger partial charge in [-0.25, -0.2) is 4.67 Å². The zero-order valence-electron chi connectivity index (χ0n) is 7.31. The van der Waals surface area contributed by atoms with Crippen molar-refractivity contribution < 1.29 is 18.7 Å². The third-order valence-electron chi connectivity index (χ3n) is 1.33. The maximum atomic E-state index is 11.3. The number of carbonyl (C=O) groups excluding carboxylic acids is 2. The second-order valence-electron chi connectivity index (χ2n) is 2.78. The minimum atomic E-state index is -2.74. The number of nitrogens with zero attached hydrogens (tertiary/aromatic N) is 1. The van der Waals surface area contributed by atoms with Crippen molar-refractivity contribution in [2.45, 2.75) is 20.0 Å². The fourth-order valence-electron chi connectivity index (χ4n) is 0.835. The van der Waals surface area contributed by atoms with Crippen LogP contribution in [0.1, 0.15) is 13.8 Å². The summed E-state index contributed by atoms with van der Waals surface area (Å²) in [7, 11) is -2.74. The van der Waals surface area contributed by atoms with Gasteiger partial charge in [0.2, 0.25) is 0 Å². The molecule has 1 atom stereocenters. The number of imide groups is 1. The number of hydrogen-bond donors (Lipinski definition) is 0. The Morgan fingerprint density at radius 2 is 1.77 bits per heavy atom. The number of rotatable bonds is 3. The standard InChI is InChI=1S/C7H10NO4P/c1-5(2)12-13(11)8-6(9)3-4-7(8)10/h3-5,13H,1-2H3. The second-order valence-corrected chi connectivity index (χ2v) is 3.99. The zero-order valence-corrected chi connectivity index (χ0v) is 8.31. The fourth-order valence-corrected chi connectivity index (χ4v) is 1.85. The van der Waals surface area contributed by atoms with Crippen molar-refractivity contribution >= 4 is 20.0 Å². The van der Waals surface area contributed by atoms with E-state index >= 15 is 0 Å². The molecule has 13 heavy (non-hydrogen) atoms. The molecule has 5 nitrogen and oxygen atoms in total. The van der Waals surface area contributed by atoms with Crippen LogP contribution in [0.15, 0.2) is 12.2 Å². The number of amides is 2. The number of hydrogen-bond acceptors (Lipinski definition) is 4. The lowest BCUT2D eigenvalue weighted by Crippen LogP contribution is -2.23. The van der Waals surface area contributed by atoms with Crippen LogP contribution < -0.4 is 0 Å².